The van der Waals surface area contributed by atoms with Crippen molar-refractivity contribution in [2.75, 3.05) is 29.4 Å². The molecule has 33 heavy (non-hydrogen) atoms. The van der Waals surface area contributed by atoms with Crippen molar-refractivity contribution in [1.82, 2.24) is 20.2 Å². The number of aliphatic hydroxyl groups is 1. The molecule has 0 saturated carbocycles. The summed E-state index contributed by atoms with van der Waals surface area (Å²) in [7, 11) is 0. The van der Waals surface area contributed by atoms with Gasteiger partial charge in [0.15, 0.2) is 5.82 Å². The maximum atomic E-state index is 10.2. The molecule has 1 fully saturated rings. The van der Waals surface area contributed by atoms with Crippen molar-refractivity contribution < 1.29 is 5.11 Å². The van der Waals surface area contributed by atoms with Crippen molar-refractivity contribution in [1.29, 1.82) is 0 Å². The third-order valence-corrected chi connectivity index (χ3v) is 6.85. The molecule has 0 bridgehead atoms. The van der Waals surface area contributed by atoms with Gasteiger partial charge in [0.2, 0.25) is 0 Å². The van der Waals surface area contributed by atoms with Crippen molar-refractivity contribution in [3.8, 4) is 0 Å². The molecule has 0 spiro atoms. The Morgan fingerprint density at radius 2 is 1.88 bits per heavy atom. The van der Waals surface area contributed by atoms with Crippen LogP contribution in [0.3, 0.4) is 0 Å². The van der Waals surface area contributed by atoms with E-state index in [1.54, 1.807) is 26.2 Å². The number of rotatable bonds is 6. The zero-order chi connectivity index (χ0) is 23.6. The largest absolute Gasteiger partial charge is 0.384 e. The summed E-state index contributed by atoms with van der Waals surface area (Å²) in [6.45, 7) is 12.6. The molecule has 1 aliphatic carbocycles. The second-order valence-electron chi connectivity index (χ2n) is 9.68. The minimum Gasteiger partial charge on any atom is -0.384 e. The Kier molecular flexibility index (Phi) is 6.79. The summed E-state index contributed by atoms with van der Waals surface area (Å²) in [5.74, 6) is 1.85. The maximum absolute atomic E-state index is 10.2. The summed E-state index contributed by atoms with van der Waals surface area (Å²) in [4.78, 5) is 13.8. The van der Waals surface area contributed by atoms with E-state index in [9.17, 15) is 5.11 Å². The van der Waals surface area contributed by atoms with Gasteiger partial charge in [-0.2, -0.15) is 5.10 Å². The molecule has 7 heteroatoms. The van der Waals surface area contributed by atoms with E-state index >= 15 is 0 Å². The van der Waals surface area contributed by atoms with Gasteiger partial charge in [0.25, 0.3) is 0 Å². The summed E-state index contributed by atoms with van der Waals surface area (Å²) in [6, 6.07) is 0.305. The first-order chi connectivity index (χ1) is 15.8. The van der Waals surface area contributed by atoms with Crippen molar-refractivity contribution in [3.05, 3.63) is 58.7 Å². The fourth-order valence-electron chi connectivity index (χ4n) is 4.59. The number of allylic oxidation sites excluding steroid dienone is 4. The van der Waals surface area contributed by atoms with E-state index in [1.807, 2.05) is 0 Å². The van der Waals surface area contributed by atoms with Gasteiger partial charge in [0.05, 0.1) is 23.8 Å². The molecule has 0 unspecified atom stereocenters. The molecule has 7 nitrogen and oxygen atoms in total. The second kappa shape index (κ2) is 9.59. The van der Waals surface area contributed by atoms with E-state index in [-0.39, 0.29) is 0 Å². The van der Waals surface area contributed by atoms with Crippen molar-refractivity contribution >= 4 is 11.6 Å². The highest BCUT2D eigenvalue weighted by Gasteiger charge is 2.29. The third-order valence-electron chi connectivity index (χ3n) is 6.85. The highest BCUT2D eigenvalue weighted by Crippen LogP contribution is 2.28. The highest BCUT2D eigenvalue weighted by atomic mass is 16.3. The van der Waals surface area contributed by atoms with Crippen LogP contribution in [0.15, 0.2) is 36.2 Å². The summed E-state index contributed by atoms with van der Waals surface area (Å²) < 4.78 is 0. The van der Waals surface area contributed by atoms with E-state index in [1.165, 1.54) is 16.7 Å². The summed E-state index contributed by atoms with van der Waals surface area (Å²) >= 11 is 0. The molecule has 2 aromatic rings. The van der Waals surface area contributed by atoms with Gasteiger partial charge >= 0.3 is 0 Å². The molecule has 4 rings (SSSR count). The molecule has 2 aliphatic rings. The van der Waals surface area contributed by atoms with E-state index in [2.05, 4.69) is 69.0 Å². The fourth-order valence-corrected chi connectivity index (χ4v) is 4.59. The maximum Gasteiger partial charge on any atom is 0.154 e. The van der Waals surface area contributed by atoms with Crippen LogP contribution in [0, 0.1) is 13.8 Å². The molecule has 3 heterocycles. The number of hydrogen-bond acceptors (Lipinski definition) is 7. The molecular formula is C26H36N6O. The summed E-state index contributed by atoms with van der Waals surface area (Å²) in [5.41, 5.74) is 4.46. The van der Waals surface area contributed by atoms with Gasteiger partial charge in [-0.15, -0.1) is 5.10 Å². The lowest BCUT2D eigenvalue weighted by Gasteiger charge is -2.42. The van der Waals surface area contributed by atoms with Crippen LogP contribution in [0.25, 0.3) is 0 Å². The number of hydrogen-bond donors (Lipinski definition) is 1. The molecule has 1 saturated heterocycles. The topological polar surface area (TPSA) is 78.3 Å². The van der Waals surface area contributed by atoms with Gasteiger partial charge in [-0.3, -0.25) is 4.98 Å². The number of piperazine rings is 1. The molecular weight excluding hydrogens is 412 g/mol. The van der Waals surface area contributed by atoms with Crippen LogP contribution in [0.5, 0.6) is 0 Å². The number of anilines is 2. The van der Waals surface area contributed by atoms with Gasteiger partial charge < -0.3 is 14.9 Å². The predicted octanol–water partition coefficient (Wildman–Crippen LogP) is 4.03. The lowest BCUT2D eigenvalue weighted by molar-refractivity contribution is 0.0734. The number of nitrogens with zero attached hydrogens (tertiary/aromatic N) is 6. The Balaban J connectivity index is 1.49. The minimum absolute atomic E-state index is 0.305. The quantitative estimate of drug-likeness (QED) is 0.715. The first-order valence-corrected chi connectivity index (χ1v) is 12.0. The first kappa shape index (κ1) is 23.4. The Morgan fingerprint density at radius 1 is 1.06 bits per heavy atom. The molecule has 0 radical (unpaired) electrons. The monoisotopic (exact) mass is 448 g/mol. The molecule has 1 atom stereocenters. The fraction of sp³-hybridized carbons (Fsp3) is 0.538. The Hall–Kier alpha value is -2.80. The average molecular weight is 449 g/mol. The Morgan fingerprint density at radius 3 is 2.52 bits per heavy atom. The van der Waals surface area contributed by atoms with Gasteiger partial charge in [-0.05, 0) is 63.7 Å². The average Bonchev–Trinajstić information content (AvgIpc) is 2.82. The van der Waals surface area contributed by atoms with Gasteiger partial charge in [0, 0.05) is 32.1 Å². The highest BCUT2D eigenvalue weighted by molar-refractivity contribution is 5.53. The molecule has 0 aromatic carbocycles. The standard InChI is InChI=1S/C26H36N6O/c1-6-21-17-31(12-13-32(21)24-16-27-23(15-28-24)26(4,5)33)25-19(3)18(2)22(29-30-25)14-20-10-8-7-9-11-20/h8,10-11,15-16,21,33H,6-7,9,12-14,17H2,1-5H3/t21-/m1/s1. The molecule has 2 aromatic heterocycles. The lowest BCUT2D eigenvalue weighted by Crippen LogP contribution is -2.54. The zero-order valence-corrected chi connectivity index (χ0v) is 20.5. The second-order valence-corrected chi connectivity index (χ2v) is 9.68. The van der Waals surface area contributed by atoms with E-state index in [0.29, 0.717) is 11.7 Å². The van der Waals surface area contributed by atoms with Crippen LogP contribution < -0.4 is 9.80 Å². The van der Waals surface area contributed by atoms with E-state index < -0.39 is 5.60 Å². The normalized spacial score (nSPS) is 19.1. The van der Waals surface area contributed by atoms with Crippen LogP contribution in [0.4, 0.5) is 11.6 Å². The molecule has 176 valence electrons. The SMILES string of the molecule is CC[C@@H]1CN(c2nnc(CC3=CCCC=C3)c(C)c2C)CCN1c1cnc(C(C)(C)O)cn1. The molecule has 1 aliphatic heterocycles. The van der Waals surface area contributed by atoms with Crippen LogP contribution in [-0.4, -0.2) is 50.9 Å². The first-order valence-electron chi connectivity index (χ1n) is 12.0. The smallest absolute Gasteiger partial charge is 0.154 e. The molecule has 1 N–H and O–H groups in total. The molecule has 0 amide bonds. The zero-order valence-electron chi connectivity index (χ0n) is 20.5. The Bertz CT molecular complexity index is 1040. The summed E-state index contributed by atoms with van der Waals surface area (Å²) in [5, 5.41) is 19.5. The van der Waals surface area contributed by atoms with Crippen molar-refractivity contribution in [3.63, 3.8) is 0 Å². The number of aromatic nitrogens is 4. The van der Waals surface area contributed by atoms with Gasteiger partial charge in [0.1, 0.15) is 11.4 Å². The third kappa shape index (κ3) is 5.08. The Labute approximate surface area is 197 Å². The van der Waals surface area contributed by atoms with Gasteiger partial charge in [-0.25, -0.2) is 4.98 Å². The van der Waals surface area contributed by atoms with E-state index in [4.69, 9.17) is 0 Å². The summed E-state index contributed by atoms with van der Waals surface area (Å²) in [6.07, 6.45) is 14.3. The van der Waals surface area contributed by atoms with Crippen LogP contribution in [-0.2, 0) is 12.0 Å². The van der Waals surface area contributed by atoms with Crippen molar-refractivity contribution in [2.24, 2.45) is 0 Å². The van der Waals surface area contributed by atoms with Crippen molar-refractivity contribution in [2.45, 2.75) is 71.9 Å². The van der Waals surface area contributed by atoms with Crippen LogP contribution in [0.1, 0.15) is 62.5 Å². The van der Waals surface area contributed by atoms with Gasteiger partial charge in [-0.1, -0.05) is 25.2 Å². The van der Waals surface area contributed by atoms with Crippen LogP contribution in [0.2, 0.25) is 0 Å². The van der Waals surface area contributed by atoms with E-state index in [0.717, 1.165) is 62.6 Å². The predicted molar refractivity (Wildman–Crippen MR) is 133 cm³/mol. The van der Waals surface area contributed by atoms with Crippen LogP contribution >= 0.6 is 0 Å². The lowest BCUT2D eigenvalue weighted by atomic mass is 9.99. The minimum atomic E-state index is -0.988.